The van der Waals surface area contributed by atoms with Crippen LogP contribution in [0.4, 0.5) is 5.82 Å². The molecule has 0 atom stereocenters. The first-order chi connectivity index (χ1) is 16.1. The topological polar surface area (TPSA) is 54.3 Å². The summed E-state index contributed by atoms with van der Waals surface area (Å²) in [5.41, 5.74) is 5.27. The summed E-state index contributed by atoms with van der Waals surface area (Å²) in [6.07, 6.45) is 4.33. The molecule has 1 aliphatic heterocycles. The van der Waals surface area contributed by atoms with Crippen LogP contribution in [0.1, 0.15) is 11.1 Å². The number of rotatable bonds is 5. The SMILES string of the molecule is Cc1ccc(-c2ccc3c(=O)n(CCc4ccc(N5CCN(C)CC5)nc4)cnc3c2)cc1. The number of aryl methyl sites for hydroxylation is 3. The fraction of sp³-hybridized carbons (Fsp3) is 0.296. The van der Waals surface area contributed by atoms with E-state index in [2.05, 4.69) is 70.1 Å². The van der Waals surface area contributed by atoms with Gasteiger partial charge >= 0.3 is 0 Å². The Kier molecular flexibility index (Phi) is 5.92. The minimum Gasteiger partial charge on any atom is -0.354 e. The highest BCUT2D eigenvalue weighted by atomic mass is 16.1. The number of aromatic nitrogens is 3. The van der Waals surface area contributed by atoms with Crippen molar-refractivity contribution in [2.24, 2.45) is 0 Å². The Morgan fingerprint density at radius 1 is 0.879 bits per heavy atom. The Morgan fingerprint density at radius 2 is 1.64 bits per heavy atom. The third-order valence-corrected chi connectivity index (χ3v) is 6.49. The fourth-order valence-electron chi connectivity index (χ4n) is 4.28. The highest BCUT2D eigenvalue weighted by Gasteiger charge is 2.15. The van der Waals surface area contributed by atoms with Gasteiger partial charge in [-0.3, -0.25) is 9.36 Å². The molecule has 0 aliphatic carbocycles. The average Bonchev–Trinajstić information content (AvgIpc) is 2.85. The van der Waals surface area contributed by atoms with Gasteiger partial charge in [0.1, 0.15) is 5.82 Å². The van der Waals surface area contributed by atoms with E-state index in [0.717, 1.165) is 60.6 Å². The monoisotopic (exact) mass is 439 g/mol. The molecule has 1 aliphatic rings. The summed E-state index contributed by atoms with van der Waals surface area (Å²) in [5.74, 6) is 1.03. The molecule has 2 aromatic heterocycles. The second-order valence-corrected chi connectivity index (χ2v) is 8.91. The predicted octanol–water partition coefficient (Wildman–Crippen LogP) is 3.76. The number of pyridine rings is 1. The molecular weight excluding hydrogens is 410 g/mol. The van der Waals surface area contributed by atoms with Crippen molar-refractivity contribution in [3.05, 3.63) is 88.6 Å². The van der Waals surface area contributed by atoms with Crippen molar-refractivity contribution in [2.75, 3.05) is 38.1 Å². The fourth-order valence-corrected chi connectivity index (χ4v) is 4.28. The maximum atomic E-state index is 13.0. The maximum Gasteiger partial charge on any atom is 0.261 e. The summed E-state index contributed by atoms with van der Waals surface area (Å²) in [4.78, 5) is 26.9. The van der Waals surface area contributed by atoms with Crippen molar-refractivity contribution in [3.63, 3.8) is 0 Å². The van der Waals surface area contributed by atoms with E-state index < -0.39 is 0 Å². The standard InChI is InChI=1S/C27H29N5O/c1-20-3-6-22(7-4-20)23-8-9-24-25(17-23)29-19-32(27(24)33)12-11-21-5-10-26(28-18-21)31-15-13-30(2)14-16-31/h3-10,17-19H,11-16H2,1-2H3. The smallest absolute Gasteiger partial charge is 0.261 e. The minimum absolute atomic E-state index is 0.00234. The molecule has 33 heavy (non-hydrogen) atoms. The van der Waals surface area contributed by atoms with Crippen molar-refractivity contribution >= 4 is 16.7 Å². The van der Waals surface area contributed by atoms with Crippen LogP contribution in [0.25, 0.3) is 22.0 Å². The van der Waals surface area contributed by atoms with Gasteiger partial charge in [0.05, 0.1) is 17.2 Å². The van der Waals surface area contributed by atoms with Gasteiger partial charge in [-0.1, -0.05) is 42.0 Å². The van der Waals surface area contributed by atoms with Crippen molar-refractivity contribution in [1.29, 1.82) is 0 Å². The number of nitrogens with zero attached hydrogens (tertiary/aromatic N) is 5. The summed E-state index contributed by atoms with van der Waals surface area (Å²) in [7, 11) is 2.15. The zero-order valence-electron chi connectivity index (χ0n) is 19.2. The zero-order valence-corrected chi connectivity index (χ0v) is 19.2. The molecule has 1 fully saturated rings. The van der Waals surface area contributed by atoms with E-state index in [4.69, 9.17) is 0 Å². The molecule has 0 N–H and O–H groups in total. The van der Waals surface area contributed by atoms with Crippen LogP contribution in [-0.2, 0) is 13.0 Å². The third-order valence-electron chi connectivity index (χ3n) is 6.49. The normalized spacial score (nSPS) is 14.7. The van der Waals surface area contributed by atoms with Crippen LogP contribution in [0.2, 0.25) is 0 Å². The van der Waals surface area contributed by atoms with Crippen LogP contribution < -0.4 is 10.5 Å². The van der Waals surface area contributed by atoms with Gasteiger partial charge in [-0.25, -0.2) is 9.97 Å². The number of fused-ring (bicyclic) bond motifs is 1. The molecule has 0 unspecified atom stereocenters. The van der Waals surface area contributed by atoms with Gasteiger partial charge in [-0.2, -0.15) is 0 Å². The van der Waals surface area contributed by atoms with Gasteiger partial charge in [-0.05, 0) is 55.3 Å². The quantitative estimate of drug-likeness (QED) is 0.474. The Bertz CT molecular complexity index is 1300. The van der Waals surface area contributed by atoms with Gasteiger partial charge in [0, 0.05) is 38.9 Å². The van der Waals surface area contributed by atoms with Gasteiger partial charge in [-0.15, -0.1) is 0 Å². The van der Waals surface area contributed by atoms with Gasteiger partial charge in [0.15, 0.2) is 0 Å². The van der Waals surface area contributed by atoms with Crippen molar-refractivity contribution in [3.8, 4) is 11.1 Å². The van der Waals surface area contributed by atoms with Crippen LogP contribution in [0.3, 0.4) is 0 Å². The summed E-state index contributed by atoms with van der Waals surface area (Å²) in [6.45, 7) is 6.80. The predicted molar refractivity (Wildman–Crippen MR) is 134 cm³/mol. The summed E-state index contributed by atoms with van der Waals surface area (Å²) in [6, 6.07) is 18.5. The van der Waals surface area contributed by atoms with E-state index in [9.17, 15) is 4.79 Å². The van der Waals surface area contributed by atoms with Crippen molar-refractivity contribution < 1.29 is 0 Å². The molecule has 168 valence electrons. The van der Waals surface area contributed by atoms with Crippen molar-refractivity contribution in [2.45, 2.75) is 19.9 Å². The minimum atomic E-state index is -0.00234. The molecular formula is C27H29N5O. The van der Waals surface area contributed by atoms with E-state index in [0.29, 0.717) is 11.9 Å². The molecule has 0 amide bonds. The van der Waals surface area contributed by atoms with Gasteiger partial charge in [0.2, 0.25) is 0 Å². The van der Waals surface area contributed by atoms with E-state index in [1.165, 1.54) is 5.56 Å². The summed E-state index contributed by atoms with van der Waals surface area (Å²) in [5, 5.41) is 0.650. The molecule has 5 rings (SSSR count). The lowest BCUT2D eigenvalue weighted by atomic mass is 10.0. The molecule has 6 heteroatoms. The van der Waals surface area contributed by atoms with Crippen LogP contribution in [0, 0.1) is 6.92 Å². The molecule has 0 bridgehead atoms. The lowest BCUT2D eigenvalue weighted by Crippen LogP contribution is -2.44. The number of hydrogen-bond donors (Lipinski definition) is 0. The summed E-state index contributed by atoms with van der Waals surface area (Å²) < 4.78 is 1.70. The highest BCUT2D eigenvalue weighted by Crippen LogP contribution is 2.22. The number of likely N-dealkylation sites (N-methyl/N-ethyl adjacent to an activating group) is 1. The first kappa shape index (κ1) is 21.3. The lowest BCUT2D eigenvalue weighted by Gasteiger charge is -2.33. The third kappa shape index (κ3) is 4.66. The van der Waals surface area contributed by atoms with Crippen LogP contribution in [0.5, 0.6) is 0 Å². The first-order valence-corrected chi connectivity index (χ1v) is 11.5. The van der Waals surface area contributed by atoms with Gasteiger partial charge in [0.25, 0.3) is 5.56 Å². The highest BCUT2D eigenvalue weighted by molar-refractivity contribution is 5.83. The molecule has 2 aromatic carbocycles. The van der Waals surface area contributed by atoms with E-state index in [1.54, 1.807) is 10.9 Å². The molecule has 0 saturated carbocycles. The largest absolute Gasteiger partial charge is 0.354 e. The molecule has 4 aromatic rings. The first-order valence-electron chi connectivity index (χ1n) is 11.5. The molecule has 0 radical (unpaired) electrons. The van der Waals surface area contributed by atoms with Crippen molar-refractivity contribution in [1.82, 2.24) is 19.4 Å². The number of benzene rings is 2. The van der Waals surface area contributed by atoms with Crippen LogP contribution in [0.15, 0.2) is 71.9 Å². The average molecular weight is 440 g/mol. The van der Waals surface area contributed by atoms with E-state index >= 15 is 0 Å². The Balaban J connectivity index is 1.29. The van der Waals surface area contributed by atoms with E-state index in [1.807, 2.05) is 24.4 Å². The second-order valence-electron chi connectivity index (χ2n) is 8.91. The number of piperazine rings is 1. The van der Waals surface area contributed by atoms with Gasteiger partial charge < -0.3 is 9.80 Å². The Labute approximate surface area is 194 Å². The Hall–Kier alpha value is -3.51. The summed E-state index contributed by atoms with van der Waals surface area (Å²) >= 11 is 0. The second kappa shape index (κ2) is 9.16. The number of hydrogen-bond acceptors (Lipinski definition) is 5. The molecule has 6 nitrogen and oxygen atoms in total. The number of anilines is 1. The Morgan fingerprint density at radius 3 is 2.36 bits per heavy atom. The molecule has 0 spiro atoms. The molecule has 1 saturated heterocycles. The van der Waals surface area contributed by atoms with Crippen LogP contribution >= 0.6 is 0 Å². The maximum absolute atomic E-state index is 13.0. The molecule has 3 heterocycles. The van der Waals surface area contributed by atoms with Crippen LogP contribution in [-0.4, -0.2) is 52.7 Å². The lowest BCUT2D eigenvalue weighted by molar-refractivity contribution is 0.312. The van der Waals surface area contributed by atoms with E-state index in [-0.39, 0.29) is 5.56 Å². The zero-order chi connectivity index (χ0) is 22.8.